The summed E-state index contributed by atoms with van der Waals surface area (Å²) in [6, 6.07) is 10.9. The Morgan fingerprint density at radius 1 is 1.12 bits per heavy atom. The number of carbonyl (C=O) groups excluding carboxylic acids is 2. The molecule has 11 nitrogen and oxygen atoms in total. The van der Waals surface area contributed by atoms with Crippen LogP contribution < -0.4 is 0 Å². The van der Waals surface area contributed by atoms with Crippen LogP contribution in [0.2, 0.25) is 0 Å². The van der Waals surface area contributed by atoms with Crippen LogP contribution in [0.25, 0.3) is 17.1 Å². The predicted octanol–water partition coefficient (Wildman–Crippen LogP) is 2.95. The van der Waals surface area contributed by atoms with Gasteiger partial charge < -0.3 is 19.0 Å². The number of hydrogen-bond donors (Lipinski definition) is 0. The lowest BCUT2D eigenvalue weighted by Gasteiger charge is -2.34. The Balaban J connectivity index is 1.64. The monoisotopic (exact) mass is 439 g/mol. The van der Waals surface area contributed by atoms with E-state index in [2.05, 4.69) is 5.10 Å². The summed E-state index contributed by atoms with van der Waals surface area (Å²) in [7, 11) is 0. The third-order valence-corrected chi connectivity index (χ3v) is 5.08. The van der Waals surface area contributed by atoms with Crippen molar-refractivity contribution in [3.63, 3.8) is 0 Å². The number of non-ortho nitro benzene ring substituents is 1. The topological polar surface area (TPSA) is 124 Å². The number of aromatic nitrogens is 2. The van der Waals surface area contributed by atoms with Gasteiger partial charge in [0.05, 0.1) is 23.5 Å². The van der Waals surface area contributed by atoms with Gasteiger partial charge in [-0.25, -0.2) is 9.48 Å². The Kier molecular flexibility index (Phi) is 5.88. The minimum Gasteiger partial charge on any atom is -0.463 e. The zero-order chi connectivity index (χ0) is 22.7. The second-order valence-electron chi connectivity index (χ2n) is 7.06. The highest BCUT2D eigenvalue weighted by molar-refractivity contribution is 5.94. The normalized spacial score (nSPS) is 13.8. The molecule has 0 radical (unpaired) electrons. The number of ether oxygens (including phenoxy) is 1. The minimum atomic E-state index is -0.503. The number of piperazine rings is 1. The van der Waals surface area contributed by atoms with E-state index in [0.717, 1.165) is 0 Å². The van der Waals surface area contributed by atoms with E-state index < -0.39 is 11.0 Å². The molecule has 4 rings (SSSR count). The lowest BCUT2D eigenvalue weighted by Crippen LogP contribution is -2.51. The number of nitro benzene ring substituents is 1. The molecular formula is C21H21N5O6. The molecule has 1 aliphatic rings. The van der Waals surface area contributed by atoms with Crippen LogP contribution in [0.5, 0.6) is 0 Å². The van der Waals surface area contributed by atoms with Crippen molar-refractivity contribution in [2.45, 2.75) is 6.92 Å². The Labute approximate surface area is 182 Å². The largest absolute Gasteiger partial charge is 0.463 e. The van der Waals surface area contributed by atoms with E-state index in [9.17, 15) is 19.7 Å². The van der Waals surface area contributed by atoms with Crippen molar-refractivity contribution in [2.75, 3.05) is 32.8 Å². The summed E-state index contributed by atoms with van der Waals surface area (Å²) in [5.74, 6) is 0.167. The SMILES string of the molecule is CCOC(=O)N1CCN(C(=O)c2cc(-c3ccco3)nn2-c2cccc([N+](=O)[O-])c2)CC1. The highest BCUT2D eigenvalue weighted by Gasteiger charge is 2.29. The molecule has 166 valence electrons. The van der Waals surface area contributed by atoms with Crippen molar-refractivity contribution >= 4 is 17.7 Å². The summed E-state index contributed by atoms with van der Waals surface area (Å²) in [4.78, 5) is 39.2. The van der Waals surface area contributed by atoms with Crippen molar-refractivity contribution in [3.8, 4) is 17.1 Å². The maximum atomic E-state index is 13.4. The summed E-state index contributed by atoms with van der Waals surface area (Å²) >= 11 is 0. The average Bonchev–Trinajstić information content (AvgIpc) is 3.49. The first kappa shape index (κ1) is 21.1. The van der Waals surface area contributed by atoms with Gasteiger partial charge >= 0.3 is 6.09 Å². The summed E-state index contributed by atoms with van der Waals surface area (Å²) in [6.07, 6.45) is 1.10. The molecule has 0 unspecified atom stereocenters. The van der Waals surface area contributed by atoms with Crippen molar-refractivity contribution in [1.82, 2.24) is 19.6 Å². The maximum absolute atomic E-state index is 13.4. The van der Waals surface area contributed by atoms with E-state index in [-0.39, 0.29) is 23.9 Å². The van der Waals surface area contributed by atoms with Crippen LogP contribution in [0.4, 0.5) is 10.5 Å². The van der Waals surface area contributed by atoms with Gasteiger partial charge in [0.15, 0.2) is 5.76 Å². The molecule has 0 spiro atoms. The van der Waals surface area contributed by atoms with Crippen LogP contribution in [0, 0.1) is 10.1 Å². The first-order valence-corrected chi connectivity index (χ1v) is 10.1. The Morgan fingerprint density at radius 3 is 2.53 bits per heavy atom. The summed E-state index contributed by atoms with van der Waals surface area (Å²) < 4.78 is 11.8. The highest BCUT2D eigenvalue weighted by atomic mass is 16.6. The first-order valence-electron chi connectivity index (χ1n) is 10.1. The second kappa shape index (κ2) is 8.92. The molecule has 3 aromatic rings. The molecule has 11 heteroatoms. The standard InChI is InChI=1S/C21H21N5O6/c1-2-31-21(28)24-10-8-23(9-11-24)20(27)18-14-17(19-7-4-12-32-19)22-25(18)15-5-3-6-16(13-15)26(29)30/h3-7,12-14H,2,8-11H2,1H3. The van der Waals surface area contributed by atoms with E-state index in [1.807, 2.05) is 0 Å². The summed E-state index contributed by atoms with van der Waals surface area (Å²) in [5.41, 5.74) is 0.931. The molecule has 0 bridgehead atoms. The van der Waals surface area contributed by atoms with Gasteiger partial charge in [-0.2, -0.15) is 5.10 Å². The van der Waals surface area contributed by atoms with Gasteiger partial charge in [-0.1, -0.05) is 6.07 Å². The number of carbonyl (C=O) groups is 2. The lowest BCUT2D eigenvalue weighted by molar-refractivity contribution is -0.384. The number of hydrogen-bond acceptors (Lipinski definition) is 7. The van der Waals surface area contributed by atoms with Gasteiger partial charge in [0, 0.05) is 44.4 Å². The number of benzene rings is 1. The first-order chi connectivity index (χ1) is 15.5. The molecule has 3 heterocycles. The zero-order valence-corrected chi connectivity index (χ0v) is 17.3. The third-order valence-electron chi connectivity index (χ3n) is 5.08. The molecule has 1 aromatic carbocycles. The summed E-state index contributed by atoms with van der Waals surface area (Å²) in [5, 5.41) is 15.7. The highest BCUT2D eigenvalue weighted by Crippen LogP contribution is 2.25. The summed E-state index contributed by atoms with van der Waals surface area (Å²) in [6.45, 7) is 3.38. The van der Waals surface area contributed by atoms with E-state index >= 15 is 0 Å². The van der Waals surface area contributed by atoms with Crippen LogP contribution in [0.3, 0.4) is 0 Å². The number of nitrogens with zero attached hydrogens (tertiary/aromatic N) is 5. The smallest absolute Gasteiger partial charge is 0.409 e. The zero-order valence-electron chi connectivity index (χ0n) is 17.3. The lowest BCUT2D eigenvalue weighted by atomic mass is 10.2. The number of nitro groups is 1. The van der Waals surface area contributed by atoms with E-state index in [1.54, 1.807) is 41.0 Å². The molecule has 1 aliphatic heterocycles. The number of rotatable bonds is 5. The van der Waals surface area contributed by atoms with Crippen LogP contribution in [0.15, 0.2) is 53.1 Å². The third kappa shape index (κ3) is 4.17. The Morgan fingerprint density at radius 2 is 1.88 bits per heavy atom. The van der Waals surface area contributed by atoms with Crippen molar-refractivity contribution < 1.29 is 23.7 Å². The van der Waals surface area contributed by atoms with Gasteiger partial charge in [-0.05, 0) is 25.1 Å². The minimum absolute atomic E-state index is 0.112. The molecule has 0 N–H and O–H groups in total. The van der Waals surface area contributed by atoms with Crippen molar-refractivity contribution in [1.29, 1.82) is 0 Å². The van der Waals surface area contributed by atoms with Crippen LogP contribution in [0.1, 0.15) is 17.4 Å². The fourth-order valence-electron chi connectivity index (χ4n) is 3.48. The maximum Gasteiger partial charge on any atom is 0.409 e. The molecule has 2 amide bonds. The molecule has 0 saturated carbocycles. The van der Waals surface area contributed by atoms with Gasteiger partial charge in [-0.3, -0.25) is 14.9 Å². The van der Waals surface area contributed by atoms with E-state index in [0.29, 0.717) is 43.3 Å². The molecule has 2 aromatic heterocycles. The Hall–Kier alpha value is -4.15. The van der Waals surface area contributed by atoms with E-state index in [4.69, 9.17) is 9.15 Å². The van der Waals surface area contributed by atoms with Crippen molar-refractivity contribution in [2.24, 2.45) is 0 Å². The molecule has 0 atom stereocenters. The molecule has 1 saturated heterocycles. The molecule has 1 fully saturated rings. The van der Waals surface area contributed by atoms with Crippen molar-refractivity contribution in [3.05, 3.63) is 64.5 Å². The van der Waals surface area contributed by atoms with E-state index in [1.165, 1.54) is 29.1 Å². The number of furan rings is 1. The van der Waals surface area contributed by atoms with Gasteiger partial charge in [0.25, 0.3) is 11.6 Å². The fourth-order valence-corrected chi connectivity index (χ4v) is 3.48. The van der Waals surface area contributed by atoms with Crippen LogP contribution in [-0.2, 0) is 4.74 Å². The predicted molar refractivity (Wildman–Crippen MR) is 112 cm³/mol. The van der Waals surface area contributed by atoms with Gasteiger partial charge in [0.2, 0.25) is 0 Å². The Bertz CT molecular complexity index is 1130. The quantitative estimate of drug-likeness (QED) is 0.442. The molecule has 0 aliphatic carbocycles. The molecule has 32 heavy (non-hydrogen) atoms. The van der Waals surface area contributed by atoms with Gasteiger partial charge in [0.1, 0.15) is 11.4 Å². The fraction of sp³-hybridized carbons (Fsp3) is 0.286. The second-order valence-corrected chi connectivity index (χ2v) is 7.06. The van der Waals surface area contributed by atoms with Gasteiger partial charge in [-0.15, -0.1) is 0 Å². The molecular weight excluding hydrogens is 418 g/mol. The number of amides is 2. The van der Waals surface area contributed by atoms with Crippen LogP contribution >= 0.6 is 0 Å². The average molecular weight is 439 g/mol. The van der Waals surface area contributed by atoms with Crippen LogP contribution in [-0.4, -0.2) is 69.3 Å².